The largest absolute Gasteiger partial charge is 0.311 e. The van der Waals surface area contributed by atoms with Crippen LogP contribution in [0.3, 0.4) is 0 Å². The number of hydrogen-bond acceptors (Lipinski definition) is 3. The van der Waals surface area contributed by atoms with E-state index in [0.717, 1.165) is 33.8 Å². The number of nitrogens with zero attached hydrogens (tertiary/aromatic N) is 3. The third-order valence-corrected chi connectivity index (χ3v) is 14.5. The average Bonchev–Trinajstić information content (AvgIpc) is 3.87. The summed E-state index contributed by atoms with van der Waals surface area (Å²) >= 11 is 0. The lowest BCUT2D eigenvalue weighted by Gasteiger charge is -2.28. The Balaban J connectivity index is 1.18. The maximum Gasteiger partial charge on any atom is 0.130 e. The molecule has 0 N–H and O–H groups in total. The van der Waals surface area contributed by atoms with Gasteiger partial charge in [-0.25, -0.2) is 0 Å². The molecule has 0 amide bonds. The molecular weight excluding hydrogens is 835 g/mol. The van der Waals surface area contributed by atoms with Crippen molar-refractivity contribution in [1.82, 2.24) is 0 Å². The SMILES string of the molecule is CC(C)(C)c1ccc(N(c2ccc(-c3c4c(cc5c6ccccc6c6cccc4c65)c(-c4ccc(C=C(C#N)C#N)cc4)c4c5cccc6cccc(c34)c65)cc2)c2ccc(C(C)(C)C)cc2)cc1. The van der Waals surface area contributed by atoms with Crippen LogP contribution in [0.15, 0.2) is 188 Å². The summed E-state index contributed by atoms with van der Waals surface area (Å²) in [5.74, 6) is 0. The number of benzene rings is 10. The van der Waals surface area contributed by atoms with Crippen LogP contribution in [0.4, 0.5) is 17.1 Å². The molecule has 12 aromatic rings. The Bertz CT molecular complexity index is 4030. The van der Waals surface area contributed by atoms with Crippen molar-refractivity contribution >= 4 is 98.5 Å². The van der Waals surface area contributed by atoms with Gasteiger partial charge >= 0.3 is 0 Å². The summed E-state index contributed by atoms with van der Waals surface area (Å²) in [5.41, 5.74) is 11.5. The zero-order valence-electron chi connectivity index (χ0n) is 39.7. The van der Waals surface area contributed by atoms with Crippen molar-refractivity contribution in [3.63, 3.8) is 0 Å². The van der Waals surface area contributed by atoms with E-state index in [0.29, 0.717) is 0 Å². The van der Waals surface area contributed by atoms with Gasteiger partial charge in [0.1, 0.15) is 17.7 Å². The Morgan fingerprint density at radius 3 is 1.36 bits per heavy atom. The maximum atomic E-state index is 9.60. The fourth-order valence-electron chi connectivity index (χ4n) is 11.2. The maximum absolute atomic E-state index is 9.60. The van der Waals surface area contributed by atoms with Crippen molar-refractivity contribution < 1.29 is 0 Å². The highest BCUT2D eigenvalue weighted by Gasteiger charge is 2.27. The van der Waals surface area contributed by atoms with Gasteiger partial charge in [0.25, 0.3) is 0 Å². The van der Waals surface area contributed by atoms with Gasteiger partial charge in [0.05, 0.1) is 0 Å². The zero-order chi connectivity index (χ0) is 47.3. The summed E-state index contributed by atoms with van der Waals surface area (Å²) in [6.07, 6.45) is 1.66. The number of hydrogen-bond donors (Lipinski definition) is 0. The van der Waals surface area contributed by atoms with Crippen LogP contribution in [0.5, 0.6) is 0 Å². The molecule has 12 rings (SSSR count). The predicted molar refractivity (Wildman–Crippen MR) is 294 cm³/mol. The monoisotopic (exact) mass is 883 g/mol. The minimum absolute atomic E-state index is 0.0385. The number of rotatable bonds is 6. The van der Waals surface area contributed by atoms with E-state index in [1.807, 2.05) is 24.3 Å². The molecule has 0 aliphatic carbocycles. The summed E-state index contributed by atoms with van der Waals surface area (Å²) < 4.78 is 0. The first-order valence-electron chi connectivity index (χ1n) is 23.9. The third-order valence-electron chi connectivity index (χ3n) is 14.5. The normalized spacial score (nSPS) is 12.2. The molecule has 0 saturated heterocycles. The van der Waals surface area contributed by atoms with Gasteiger partial charge in [-0.05, 0) is 174 Å². The topological polar surface area (TPSA) is 50.8 Å². The number of fused-ring (bicyclic) bond motifs is 8. The van der Waals surface area contributed by atoms with E-state index in [-0.39, 0.29) is 16.4 Å². The van der Waals surface area contributed by atoms with Crippen molar-refractivity contribution in [1.29, 1.82) is 10.5 Å². The first-order chi connectivity index (χ1) is 33.4. The van der Waals surface area contributed by atoms with Crippen LogP contribution < -0.4 is 4.90 Å². The predicted octanol–water partition coefficient (Wildman–Crippen LogP) is 18.5. The van der Waals surface area contributed by atoms with Crippen LogP contribution in [-0.2, 0) is 10.8 Å². The Kier molecular flexibility index (Phi) is 9.43. The molecule has 0 aliphatic heterocycles. The molecule has 0 fully saturated rings. The standard InChI is InChI=1S/C66H49N3/c1-65(2,3)45-26-32-48(33-27-45)69(49-34-28-46(29-35-49)66(4,5)6)47-30-24-44(25-31-47)60-62-55-19-11-16-52-50-14-7-8-15-51(50)56(61(52)55)37-57(62)59(43-22-20-40(21-23-43)36-41(38-67)39-68)63-53-17-9-12-42-13-10-18-54(58(42)53)64(60)63/h7-37H,1-6H3. The second-order valence-corrected chi connectivity index (χ2v) is 20.7. The van der Waals surface area contributed by atoms with Crippen molar-refractivity contribution in [3.05, 3.63) is 204 Å². The highest BCUT2D eigenvalue weighted by molar-refractivity contribution is 6.44. The molecule has 0 aromatic heterocycles. The lowest BCUT2D eigenvalue weighted by atomic mass is 9.83. The quantitative estimate of drug-likeness (QED) is 0.123. The second kappa shape index (κ2) is 15.5. The van der Waals surface area contributed by atoms with Gasteiger partial charge in [-0.15, -0.1) is 0 Å². The van der Waals surface area contributed by atoms with E-state index < -0.39 is 0 Å². The molecule has 3 nitrogen and oxygen atoms in total. The van der Waals surface area contributed by atoms with E-state index in [9.17, 15) is 10.5 Å². The molecular formula is C66H49N3. The first kappa shape index (κ1) is 41.9. The molecule has 12 aromatic carbocycles. The van der Waals surface area contributed by atoms with Crippen molar-refractivity contribution in [2.45, 2.75) is 52.4 Å². The zero-order valence-corrected chi connectivity index (χ0v) is 39.7. The van der Waals surface area contributed by atoms with Crippen molar-refractivity contribution in [2.24, 2.45) is 0 Å². The molecule has 0 unspecified atom stereocenters. The minimum atomic E-state index is 0.0385. The van der Waals surface area contributed by atoms with Crippen LogP contribution in [0, 0.1) is 22.7 Å². The molecule has 0 spiro atoms. The lowest BCUT2D eigenvalue weighted by Crippen LogP contribution is -2.14. The van der Waals surface area contributed by atoms with Gasteiger partial charge in [-0.2, -0.15) is 10.5 Å². The van der Waals surface area contributed by atoms with Gasteiger partial charge in [0.15, 0.2) is 0 Å². The van der Waals surface area contributed by atoms with E-state index in [1.54, 1.807) is 6.08 Å². The number of anilines is 3. The van der Waals surface area contributed by atoms with E-state index in [1.165, 1.54) is 97.7 Å². The second-order valence-electron chi connectivity index (χ2n) is 20.7. The van der Waals surface area contributed by atoms with Crippen molar-refractivity contribution in [2.75, 3.05) is 4.90 Å². The molecule has 0 bridgehead atoms. The van der Waals surface area contributed by atoms with Gasteiger partial charge < -0.3 is 4.90 Å². The molecule has 0 saturated carbocycles. The molecule has 69 heavy (non-hydrogen) atoms. The van der Waals surface area contributed by atoms with Gasteiger partial charge in [0, 0.05) is 17.1 Å². The molecule has 0 radical (unpaired) electrons. The Morgan fingerprint density at radius 1 is 0.391 bits per heavy atom. The molecule has 328 valence electrons. The van der Waals surface area contributed by atoms with E-state index in [2.05, 4.69) is 216 Å². The fourth-order valence-corrected chi connectivity index (χ4v) is 11.2. The van der Waals surface area contributed by atoms with Crippen LogP contribution in [0.25, 0.3) is 104 Å². The van der Waals surface area contributed by atoms with Crippen LogP contribution in [-0.4, -0.2) is 0 Å². The fraction of sp³-hybridized carbons (Fsp3) is 0.121. The van der Waals surface area contributed by atoms with Gasteiger partial charge in [-0.3, -0.25) is 0 Å². The van der Waals surface area contributed by atoms with Crippen molar-refractivity contribution in [3.8, 4) is 34.4 Å². The molecule has 0 aliphatic rings. The van der Waals surface area contributed by atoms with E-state index >= 15 is 0 Å². The molecule has 0 heterocycles. The Morgan fingerprint density at radius 2 is 0.826 bits per heavy atom. The van der Waals surface area contributed by atoms with Crippen LogP contribution in [0.1, 0.15) is 58.2 Å². The van der Waals surface area contributed by atoms with Crippen LogP contribution in [0.2, 0.25) is 0 Å². The Labute approximate surface area is 403 Å². The van der Waals surface area contributed by atoms with Gasteiger partial charge in [0.2, 0.25) is 0 Å². The lowest BCUT2D eigenvalue weighted by molar-refractivity contribution is 0.590. The summed E-state index contributed by atoms with van der Waals surface area (Å²) in [7, 11) is 0. The Hall–Kier alpha value is -8.50. The molecule has 3 heteroatoms. The highest BCUT2D eigenvalue weighted by atomic mass is 15.1. The first-order valence-corrected chi connectivity index (χ1v) is 23.9. The summed E-state index contributed by atoms with van der Waals surface area (Å²) in [6.45, 7) is 13.6. The minimum Gasteiger partial charge on any atom is -0.311 e. The summed E-state index contributed by atoms with van der Waals surface area (Å²) in [6, 6.07) is 71.5. The number of allylic oxidation sites excluding steroid dienone is 1. The average molecular weight is 884 g/mol. The van der Waals surface area contributed by atoms with Gasteiger partial charge in [-0.1, -0.05) is 181 Å². The van der Waals surface area contributed by atoms with E-state index in [4.69, 9.17) is 0 Å². The smallest absolute Gasteiger partial charge is 0.130 e. The molecule has 0 atom stereocenters. The van der Waals surface area contributed by atoms with Crippen LogP contribution >= 0.6 is 0 Å². The number of nitriles is 2. The summed E-state index contributed by atoms with van der Waals surface area (Å²) in [4.78, 5) is 2.38. The highest BCUT2D eigenvalue weighted by Crippen LogP contribution is 2.55. The summed E-state index contributed by atoms with van der Waals surface area (Å²) in [5, 5.41) is 36.6. The third kappa shape index (κ3) is 6.61.